The van der Waals surface area contributed by atoms with Gasteiger partial charge in [-0.2, -0.15) is 0 Å². The summed E-state index contributed by atoms with van der Waals surface area (Å²) in [6.07, 6.45) is 2.35. The van der Waals surface area contributed by atoms with E-state index in [1.807, 2.05) is 13.0 Å². The SMILES string of the molecule is CCC(C)C1CN(c2cc(C)c(Cl)cc2OC)CCCN1. The first-order chi connectivity index (χ1) is 10.1. The topological polar surface area (TPSA) is 24.5 Å². The summed E-state index contributed by atoms with van der Waals surface area (Å²) in [7, 11) is 1.71. The Hall–Kier alpha value is -0.930. The first kappa shape index (κ1) is 16.4. The second-order valence-corrected chi connectivity index (χ2v) is 6.43. The molecule has 2 rings (SSSR count). The number of rotatable bonds is 4. The number of halogens is 1. The van der Waals surface area contributed by atoms with Crippen LogP contribution in [0, 0.1) is 12.8 Å². The lowest BCUT2D eigenvalue weighted by Gasteiger charge is -2.30. The Labute approximate surface area is 133 Å². The molecule has 0 saturated carbocycles. The summed E-state index contributed by atoms with van der Waals surface area (Å²) in [6.45, 7) is 9.79. The normalized spacial score (nSPS) is 21.0. The maximum absolute atomic E-state index is 6.23. The highest BCUT2D eigenvalue weighted by molar-refractivity contribution is 6.31. The molecule has 0 radical (unpaired) electrons. The highest BCUT2D eigenvalue weighted by atomic mass is 35.5. The van der Waals surface area contributed by atoms with Crippen molar-refractivity contribution in [2.45, 2.75) is 39.7 Å². The summed E-state index contributed by atoms with van der Waals surface area (Å²) in [5, 5.41) is 4.45. The third-order valence-corrected chi connectivity index (χ3v) is 4.97. The van der Waals surface area contributed by atoms with E-state index in [2.05, 4.69) is 30.1 Å². The summed E-state index contributed by atoms with van der Waals surface area (Å²) < 4.78 is 5.55. The third kappa shape index (κ3) is 3.83. The summed E-state index contributed by atoms with van der Waals surface area (Å²) >= 11 is 6.23. The van der Waals surface area contributed by atoms with Crippen molar-refractivity contribution in [3.63, 3.8) is 0 Å². The van der Waals surface area contributed by atoms with Crippen LogP contribution in [-0.2, 0) is 0 Å². The molecule has 4 heteroatoms. The smallest absolute Gasteiger partial charge is 0.143 e. The Kier molecular flexibility index (Phi) is 5.77. The van der Waals surface area contributed by atoms with Crippen molar-refractivity contribution < 1.29 is 4.74 Å². The Balaban J connectivity index is 2.28. The summed E-state index contributed by atoms with van der Waals surface area (Å²) in [4.78, 5) is 2.44. The summed E-state index contributed by atoms with van der Waals surface area (Å²) in [5.41, 5.74) is 2.26. The van der Waals surface area contributed by atoms with Gasteiger partial charge in [-0.15, -0.1) is 0 Å². The van der Waals surface area contributed by atoms with Crippen molar-refractivity contribution in [1.82, 2.24) is 5.32 Å². The quantitative estimate of drug-likeness (QED) is 0.913. The van der Waals surface area contributed by atoms with Crippen molar-refractivity contribution >= 4 is 17.3 Å². The largest absolute Gasteiger partial charge is 0.495 e. The fourth-order valence-corrected chi connectivity index (χ4v) is 3.05. The Morgan fingerprint density at radius 3 is 2.90 bits per heavy atom. The minimum atomic E-state index is 0.526. The molecule has 0 aromatic heterocycles. The first-order valence-corrected chi connectivity index (χ1v) is 8.27. The van der Waals surface area contributed by atoms with E-state index in [0.29, 0.717) is 12.0 Å². The van der Waals surface area contributed by atoms with E-state index < -0.39 is 0 Å². The number of nitrogens with one attached hydrogen (secondary N) is 1. The van der Waals surface area contributed by atoms with Gasteiger partial charge in [-0.25, -0.2) is 0 Å². The lowest BCUT2D eigenvalue weighted by atomic mass is 9.98. The molecule has 2 atom stereocenters. The molecule has 1 fully saturated rings. The molecule has 1 N–H and O–H groups in total. The van der Waals surface area contributed by atoms with Crippen LogP contribution in [0.1, 0.15) is 32.3 Å². The van der Waals surface area contributed by atoms with Crippen LogP contribution in [0.3, 0.4) is 0 Å². The second-order valence-electron chi connectivity index (χ2n) is 6.02. The summed E-state index contributed by atoms with van der Waals surface area (Å²) in [6, 6.07) is 4.61. The maximum Gasteiger partial charge on any atom is 0.143 e. The standard InChI is InChI=1S/C17H27ClN2O/c1-5-12(2)15-11-20(8-6-7-19-15)16-9-13(3)14(18)10-17(16)21-4/h9-10,12,15,19H,5-8,11H2,1-4H3. The number of methoxy groups -OCH3 is 1. The molecule has 1 saturated heterocycles. The fourth-order valence-electron chi connectivity index (χ4n) is 2.89. The van der Waals surface area contributed by atoms with Gasteiger partial charge in [-0.3, -0.25) is 0 Å². The maximum atomic E-state index is 6.23. The van der Waals surface area contributed by atoms with Gasteiger partial charge in [0.1, 0.15) is 5.75 Å². The zero-order chi connectivity index (χ0) is 15.4. The number of ether oxygens (including phenoxy) is 1. The molecule has 0 aliphatic carbocycles. The number of nitrogens with zero attached hydrogens (tertiary/aromatic N) is 1. The van der Waals surface area contributed by atoms with Gasteiger partial charge < -0.3 is 15.0 Å². The van der Waals surface area contributed by atoms with Crippen LogP contribution in [-0.4, -0.2) is 32.8 Å². The predicted molar refractivity (Wildman–Crippen MR) is 90.8 cm³/mol. The van der Waals surface area contributed by atoms with Crippen LogP contribution in [0.4, 0.5) is 5.69 Å². The Morgan fingerprint density at radius 1 is 1.48 bits per heavy atom. The van der Waals surface area contributed by atoms with Crippen molar-refractivity contribution in [3.8, 4) is 5.75 Å². The van der Waals surface area contributed by atoms with Gasteiger partial charge in [0.15, 0.2) is 0 Å². The number of hydrogen-bond donors (Lipinski definition) is 1. The minimum Gasteiger partial charge on any atom is -0.495 e. The Bertz CT molecular complexity index is 478. The van der Waals surface area contributed by atoms with E-state index in [9.17, 15) is 0 Å². The average molecular weight is 311 g/mol. The first-order valence-electron chi connectivity index (χ1n) is 7.89. The molecule has 2 unspecified atom stereocenters. The van der Waals surface area contributed by atoms with Gasteiger partial charge in [0.25, 0.3) is 0 Å². The van der Waals surface area contributed by atoms with Gasteiger partial charge in [0, 0.05) is 30.2 Å². The lowest BCUT2D eigenvalue weighted by molar-refractivity contribution is 0.381. The number of benzene rings is 1. The van der Waals surface area contributed by atoms with Crippen LogP contribution < -0.4 is 15.0 Å². The predicted octanol–water partition coefficient (Wildman–Crippen LogP) is 3.87. The molecule has 21 heavy (non-hydrogen) atoms. The van der Waals surface area contributed by atoms with Crippen LogP contribution in [0.25, 0.3) is 0 Å². The number of hydrogen-bond acceptors (Lipinski definition) is 3. The van der Waals surface area contributed by atoms with Gasteiger partial charge in [0.2, 0.25) is 0 Å². The van der Waals surface area contributed by atoms with Crippen molar-refractivity contribution in [2.24, 2.45) is 5.92 Å². The molecule has 0 spiro atoms. The number of aryl methyl sites for hydroxylation is 1. The van der Waals surface area contributed by atoms with E-state index in [0.717, 1.165) is 48.1 Å². The molecule has 1 aliphatic heterocycles. The molecule has 1 aromatic carbocycles. The summed E-state index contributed by atoms with van der Waals surface area (Å²) in [5.74, 6) is 1.54. The van der Waals surface area contributed by atoms with E-state index in [1.54, 1.807) is 7.11 Å². The average Bonchev–Trinajstić information content (AvgIpc) is 2.74. The molecule has 3 nitrogen and oxygen atoms in total. The van der Waals surface area contributed by atoms with Gasteiger partial charge in [-0.1, -0.05) is 31.9 Å². The molecular formula is C17H27ClN2O. The molecule has 0 amide bonds. The lowest BCUT2D eigenvalue weighted by Crippen LogP contribution is -2.42. The molecule has 1 heterocycles. The van der Waals surface area contributed by atoms with Crippen molar-refractivity contribution in [2.75, 3.05) is 31.6 Å². The number of anilines is 1. The monoisotopic (exact) mass is 310 g/mol. The third-order valence-electron chi connectivity index (χ3n) is 4.56. The van der Waals surface area contributed by atoms with E-state index in [1.165, 1.54) is 6.42 Å². The molecule has 1 aromatic rings. The van der Waals surface area contributed by atoms with Crippen molar-refractivity contribution in [1.29, 1.82) is 0 Å². The van der Waals surface area contributed by atoms with Crippen molar-refractivity contribution in [3.05, 3.63) is 22.7 Å². The van der Waals surface area contributed by atoms with Crippen LogP contribution >= 0.6 is 11.6 Å². The highest BCUT2D eigenvalue weighted by Crippen LogP contribution is 2.34. The van der Waals surface area contributed by atoms with E-state index in [4.69, 9.17) is 16.3 Å². The fraction of sp³-hybridized carbons (Fsp3) is 0.647. The molecule has 1 aliphatic rings. The Morgan fingerprint density at radius 2 is 2.24 bits per heavy atom. The van der Waals surface area contributed by atoms with Crippen LogP contribution in [0.5, 0.6) is 5.75 Å². The zero-order valence-electron chi connectivity index (χ0n) is 13.6. The van der Waals surface area contributed by atoms with Gasteiger partial charge in [-0.05, 0) is 37.4 Å². The second kappa shape index (κ2) is 7.37. The molecule has 118 valence electrons. The van der Waals surface area contributed by atoms with Gasteiger partial charge >= 0.3 is 0 Å². The zero-order valence-corrected chi connectivity index (χ0v) is 14.3. The van der Waals surface area contributed by atoms with E-state index >= 15 is 0 Å². The van der Waals surface area contributed by atoms with Gasteiger partial charge in [0.05, 0.1) is 12.8 Å². The highest BCUT2D eigenvalue weighted by Gasteiger charge is 2.24. The minimum absolute atomic E-state index is 0.526. The van der Waals surface area contributed by atoms with Crippen LogP contribution in [0.15, 0.2) is 12.1 Å². The molecule has 0 bridgehead atoms. The molecular weight excluding hydrogens is 284 g/mol. The van der Waals surface area contributed by atoms with Crippen LogP contribution in [0.2, 0.25) is 5.02 Å². The van der Waals surface area contributed by atoms with E-state index in [-0.39, 0.29) is 0 Å².